The minimum absolute atomic E-state index is 0.00254. The van der Waals surface area contributed by atoms with Crippen LogP contribution in [0.25, 0.3) is 11.4 Å². The highest BCUT2D eigenvalue weighted by atomic mass is 16.5. The van der Waals surface area contributed by atoms with Crippen molar-refractivity contribution in [3.8, 4) is 11.4 Å². The molecular weight excluding hydrogens is 494 g/mol. The highest BCUT2D eigenvalue weighted by Crippen LogP contribution is 2.50. The van der Waals surface area contributed by atoms with E-state index in [-0.39, 0.29) is 18.4 Å². The van der Waals surface area contributed by atoms with E-state index in [0.29, 0.717) is 41.8 Å². The van der Waals surface area contributed by atoms with E-state index < -0.39 is 11.0 Å². The summed E-state index contributed by atoms with van der Waals surface area (Å²) in [5.74, 6) is 1.53. The molecule has 0 aliphatic carbocycles. The van der Waals surface area contributed by atoms with Crippen LogP contribution in [0.4, 0.5) is 0 Å². The summed E-state index contributed by atoms with van der Waals surface area (Å²) in [4.78, 5) is 25.4. The number of hydrogen-bond acceptors (Lipinski definition) is 8. The van der Waals surface area contributed by atoms with Crippen molar-refractivity contribution < 1.29 is 19.2 Å². The van der Waals surface area contributed by atoms with E-state index in [1.807, 2.05) is 23.1 Å². The van der Waals surface area contributed by atoms with Gasteiger partial charge in [0.2, 0.25) is 17.6 Å². The summed E-state index contributed by atoms with van der Waals surface area (Å²) in [7, 11) is 3.60. The van der Waals surface area contributed by atoms with Gasteiger partial charge in [-0.2, -0.15) is 4.98 Å². The number of aromatic nitrogens is 3. The lowest BCUT2D eigenvalue weighted by molar-refractivity contribution is -0.136. The van der Waals surface area contributed by atoms with E-state index >= 15 is 0 Å². The Morgan fingerprint density at radius 1 is 1.18 bits per heavy atom. The van der Waals surface area contributed by atoms with Crippen LogP contribution in [0.1, 0.15) is 68.0 Å². The average Bonchev–Trinajstić information content (AvgIpc) is 3.43. The van der Waals surface area contributed by atoms with E-state index in [1.165, 1.54) is 12.7 Å². The predicted octanol–water partition coefficient (Wildman–Crippen LogP) is 3.80. The third-order valence-electron chi connectivity index (χ3n) is 8.43. The molecule has 2 aliphatic rings. The van der Waals surface area contributed by atoms with Crippen molar-refractivity contribution in [3.05, 3.63) is 65.3 Å². The molecule has 0 spiro atoms. The second kappa shape index (κ2) is 10.8. The number of ether oxygens (including phenoxy) is 1. The van der Waals surface area contributed by atoms with Crippen LogP contribution in [-0.4, -0.2) is 82.9 Å². The van der Waals surface area contributed by atoms with Gasteiger partial charge in [0, 0.05) is 68.1 Å². The van der Waals surface area contributed by atoms with Gasteiger partial charge in [-0.1, -0.05) is 50.2 Å². The number of likely N-dealkylation sites (tertiary alicyclic amines) is 2. The van der Waals surface area contributed by atoms with Gasteiger partial charge in [-0.3, -0.25) is 9.78 Å². The zero-order chi connectivity index (χ0) is 27.8. The Morgan fingerprint density at radius 3 is 2.49 bits per heavy atom. The topological polar surface area (TPSA) is 105 Å². The molecule has 39 heavy (non-hydrogen) atoms. The SMILES string of the molecule is COCC(=O)N1CCC(c2nc(-c3cncc([C@@](O)(c4ccc(C(C)C)cc4)C4(C)CN(C)C4)c3)no2)CC1. The molecule has 0 saturated carbocycles. The first-order chi connectivity index (χ1) is 18.6. The molecule has 0 unspecified atom stereocenters. The van der Waals surface area contributed by atoms with E-state index in [4.69, 9.17) is 14.2 Å². The molecule has 9 heteroatoms. The Bertz CT molecular complexity index is 1290. The lowest BCUT2D eigenvalue weighted by Crippen LogP contribution is -2.63. The summed E-state index contributed by atoms with van der Waals surface area (Å²) in [6.07, 6.45) is 4.97. The largest absolute Gasteiger partial charge is 0.380 e. The number of methoxy groups -OCH3 is 1. The second-order valence-electron chi connectivity index (χ2n) is 11.7. The highest BCUT2D eigenvalue weighted by Gasteiger charge is 2.55. The molecule has 1 amide bonds. The predicted molar refractivity (Wildman–Crippen MR) is 147 cm³/mol. The smallest absolute Gasteiger partial charge is 0.248 e. The maximum Gasteiger partial charge on any atom is 0.248 e. The van der Waals surface area contributed by atoms with Crippen LogP contribution in [0.3, 0.4) is 0 Å². The summed E-state index contributed by atoms with van der Waals surface area (Å²) >= 11 is 0. The van der Waals surface area contributed by atoms with Crippen molar-refractivity contribution in [2.75, 3.05) is 46.9 Å². The van der Waals surface area contributed by atoms with Crippen LogP contribution in [0.2, 0.25) is 0 Å². The van der Waals surface area contributed by atoms with Crippen LogP contribution < -0.4 is 0 Å². The standard InChI is InChI=1S/C30H39N5O4/c1-20(2)21-6-8-24(9-7-21)30(37,29(3)18-34(4)19-29)25-14-23(15-31-16-25)27-32-28(39-33-27)22-10-12-35(13-11-22)26(36)17-38-5/h6-9,14-16,20,22,37H,10-13,17-19H2,1-5H3/t30-/m0/s1. The number of nitrogens with zero attached hydrogens (tertiary/aromatic N) is 5. The van der Waals surface area contributed by atoms with Gasteiger partial charge >= 0.3 is 0 Å². The molecule has 9 nitrogen and oxygen atoms in total. The Balaban J connectivity index is 1.41. The van der Waals surface area contributed by atoms with Crippen LogP contribution in [0.15, 0.2) is 47.2 Å². The first-order valence-electron chi connectivity index (χ1n) is 13.7. The number of carbonyl (C=O) groups excluding carboxylic acids is 1. The fourth-order valence-electron chi connectivity index (χ4n) is 6.22. The zero-order valence-electron chi connectivity index (χ0n) is 23.6. The molecule has 208 valence electrons. The maximum atomic E-state index is 12.5. The second-order valence-corrected chi connectivity index (χ2v) is 11.7. The van der Waals surface area contributed by atoms with Crippen molar-refractivity contribution in [2.45, 2.75) is 51.0 Å². The lowest BCUT2D eigenvalue weighted by atomic mass is 9.62. The fraction of sp³-hybridized carbons (Fsp3) is 0.533. The van der Waals surface area contributed by atoms with Gasteiger partial charge in [-0.05, 0) is 43.0 Å². The van der Waals surface area contributed by atoms with Crippen LogP contribution in [0, 0.1) is 5.41 Å². The number of carbonyl (C=O) groups is 1. The maximum absolute atomic E-state index is 12.5. The zero-order valence-corrected chi connectivity index (χ0v) is 23.6. The first-order valence-corrected chi connectivity index (χ1v) is 13.7. The molecule has 1 atom stereocenters. The molecule has 1 N–H and O–H groups in total. The fourth-order valence-corrected chi connectivity index (χ4v) is 6.22. The normalized spacial score (nSPS) is 19.6. The summed E-state index contributed by atoms with van der Waals surface area (Å²) in [5, 5.41) is 16.8. The van der Waals surface area contributed by atoms with Gasteiger partial charge in [0.1, 0.15) is 12.2 Å². The van der Waals surface area contributed by atoms with E-state index in [2.05, 4.69) is 55.0 Å². The Kier molecular flexibility index (Phi) is 7.59. The van der Waals surface area contributed by atoms with E-state index in [1.54, 1.807) is 12.4 Å². The minimum atomic E-state index is -1.24. The average molecular weight is 534 g/mol. The Labute approximate surface area is 230 Å². The van der Waals surface area contributed by atoms with E-state index in [0.717, 1.165) is 31.5 Å². The molecule has 0 radical (unpaired) electrons. The van der Waals surface area contributed by atoms with Crippen molar-refractivity contribution in [1.82, 2.24) is 24.9 Å². The molecule has 5 rings (SSSR count). The molecule has 2 saturated heterocycles. The third kappa shape index (κ3) is 5.11. The number of pyridine rings is 1. The molecule has 2 aromatic heterocycles. The Hall–Kier alpha value is -3.14. The van der Waals surface area contributed by atoms with Crippen LogP contribution in [0.5, 0.6) is 0 Å². The van der Waals surface area contributed by atoms with Crippen LogP contribution in [-0.2, 0) is 15.1 Å². The molecule has 2 fully saturated rings. The highest BCUT2D eigenvalue weighted by molar-refractivity contribution is 5.77. The minimum Gasteiger partial charge on any atom is -0.380 e. The van der Waals surface area contributed by atoms with Gasteiger partial charge < -0.3 is 24.2 Å². The summed E-state index contributed by atoms with van der Waals surface area (Å²) in [6, 6.07) is 10.2. The quantitative estimate of drug-likeness (QED) is 0.466. The number of hydrogen-bond donors (Lipinski definition) is 1. The number of rotatable bonds is 8. The summed E-state index contributed by atoms with van der Waals surface area (Å²) in [5.41, 5.74) is 1.86. The van der Waals surface area contributed by atoms with Crippen molar-refractivity contribution in [2.24, 2.45) is 5.41 Å². The molecule has 1 aromatic carbocycles. The number of amides is 1. The molecule has 4 heterocycles. The number of aliphatic hydroxyl groups is 1. The molecule has 2 aliphatic heterocycles. The third-order valence-corrected chi connectivity index (χ3v) is 8.43. The molecule has 3 aromatic rings. The monoisotopic (exact) mass is 533 g/mol. The van der Waals surface area contributed by atoms with Crippen LogP contribution >= 0.6 is 0 Å². The van der Waals surface area contributed by atoms with Gasteiger partial charge in [0.25, 0.3) is 0 Å². The van der Waals surface area contributed by atoms with Gasteiger partial charge in [0.15, 0.2) is 0 Å². The van der Waals surface area contributed by atoms with Gasteiger partial charge in [-0.15, -0.1) is 0 Å². The lowest BCUT2D eigenvalue weighted by Gasteiger charge is -2.55. The summed E-state index contributed by atoms with van der Waals surface area (Å²) in [6.45, 7) is 9.36. The number of benzene rings is 1. The van der Waals surface area contributed by atoms with E-state index in [9.17, 15) is 9.90 Å². The van der Waals surface area contributed by atoms with Gasteiger partial charge in [0.05, 0.1) is 0 Å². The molecular formula is C30H39N5O4. The first kappa shape index (κ1) is 27.4. The molecule has 0 bridgehead atoms. The summed E-state index contributed by atoms with van der Waals surface area (Å²) < 4.78 is 10.7. The number of piperidine rings is 1. The van der Waals surface area contributed by atoms with Gasteiger partial charge in [-0.25, -0.2) is 0 Å². The Morgan fingerprint density at radius 2 is 1.87 bits per heavy atom. The van der Waals surface area contributed by atoms with Crippen molar-refractivity contribution >= 4 is 5.91 Å². The van der Waals surface area contributed by atoms with Crippen molar-refractivity contribution in [1.29, 1.82) is 0 Å². The van der Waals surface area contributed by atoms with Crippen molar-refractivity contribution in [3.63, 3.8) is 0 Å².